The van der Waals surface area contributed by atoms with Crippen LogP contribution in [0, 0.1) is 0 Å². The maximum absolute atomic E-state index is 5.96. The highest BCUT2D eigenvalue weighted by molar-refractivity contribution is 6.31. The van der Waals surface area contributed by atoms with E-state index in [4.69, 9.17) is 11.6 Å². The average molecular weight is 285 g/mol. The van der Waals surface area contributed by atoms with Crippen LogP contribution in [0.15, 0.2) is 30.3 Å². The van der Waals surface area contributed by atoms with Gasteiger partial charge in [-0.3, -0.25) is 0 Å². The van der Waals surface area contributed by atoms with Crippen LogP contribution in [-0.4, -0.2) is 0 Å². The van der Waals surface area contributed by atoms with Gasteiger partial charge in [0.05, 0.1) is 0 Å². The first-order valence-corrected chi connectivity index (χ1v) is 5.23. The van der Waals surface area contributed by atoms with Crippen LogP contribution in [0.3, 0.4) is 0 Å². The van der Waals surface area contributed by atoms with E-state index in [2.05, 4.69) is 23.5 Å². The molecule has 1 aliphatic rings. The number of hydrogen-bond donors (Lipinski definition) is 1. The Kier molecular flexibility index (Phi) is 3.01. The van der Waals surface area contributed by atoms with Gasteiger partial charge in [-0.15, -0.1) is 0 Å². The molecule has 2 aromatic carbocycles. The smallest absolute Gasteiger partial charge is 0.102 e. The van der Waals surface area contributed by atoms with E-state index in [9.17, 15) is 0 Å². The van der Waals surface area contributed by atoms with Crippen molar-refractivity contribution in [2.75, 3.05) is 0 Å². The summed E-state index contributed by atoms with van der Waals surface area (Å²) in [6.07, 6.45) is 0. The van der Waals surface area contributed by atoms with Gasteiger partial charge in [-0.1, -0.05) is 17.7 Å². The normalized spacial score (nSPS) is 13.7. The summed E-state index contributed by atoms with van der Waals surface area (Å²) < 4.78 is 0. The molecule has 3 rings (SSSR count). The number of hydrogen-bond acceptors (Lipinski definition) is 0. The number of fused-ring (bicyclic) bond motifs is 2. The lowest BCUT2D eigenvalue weighted by Gasteiger charge is -2.01. The highest BCUT2D eigenvalue weighted by Crippen LogP contribution is 2.24. The minimum absolute atomic E-state index is 0. The van der Waals surface area contributed by atoms with Gasteiger partial charge in [0.2, 0.25) is 0 Å². The Balaban J connectivity index is 0.000000853. The van der Waals surface area contributed by atoms with Crippen LogP contribution in [0.4, 0.5) is 0 Å². The van der Waals surface area contributed by atoms with Crippen molar-refractivity contribution in [1.82, 2.24) is 0 Å². The highest BCUT2D eigenvalue weighted by atomic mass is 79.9. The fourth-order valence-corrected chi connectivity index (χ4v) is 2.31. The van der Waals surface area contributed by atoms with E-state index in [0.29, 0.717) is 0 Å². The van der Waals surface area contributed by atoms with Gasteiger partial charge in [0, 0.05) is 16.1 Å². The molecule has 2 N–H and O–H groups in total. The lowest BCUT2D eigenvalue weighted by atomic mass is 10.0. The van der Waals surface area contributed by atoms with Crippen molar-refractivity contribution in [2.24, 2.45) is 0 Å². The van der Waals surface area contributed by atoms with Crippen LogP contribution in [0.25, 0.3) is 10.8 Å². The molecule has 1 heterocycles. The zero-order chi connectivity index (χ0) is 9.54. The molecule has 0 amide bonds. The van der Waals surface area contributed by atoms with E-state index >= 15 is 0 Å². The average Bonchev–Trinajstić information content (AvgIpc) is 2.61. The Morgan fingerprint density at radius 3 is 2.33 bits per heavy atom. The quantitative estimate of drug-likeness (QED) is 0.644. The third-order valence-corrected chi connectivity index (χ3v) is 3.08. The molecule has 1 aliphatic heterocycles. The minimum Gasteiger partial charge on any atom is -1.00 e. The summed E-state index contributed by atoms with van der Waals surface area (Å²) in [5.74, 6) is 0. The summed E-state index contributed by atoms with van der Waals surface area (Å²) in [6.45, 7) is 2.23. The molecule has 0 fully saturated rings. The van der Waals surface area contributed by atoms with Crippen molar-refractivity contribution in [3.63, 3.8) is 0 Å². The second-order valence-electron chi connectivity index (χ2n) is 3.81. The molecule has 0 aliphatic carbocycles. The summed E-state index contributed by atoms with van der Waals surface area (Å²) in [4.78, 5) is 0. The zero-order valence-corrected chi connectivity index (χ0v) is 10.5. The summed E-state index contributed by atoms with van der Waals surface area (Å²) in [5.41, 5.74) is 2.93. The first kappa shape index (κ1) is 10.9. The molecule has 0 saturated heterocycles. The standard InChI is InChI=1S/C12H10ClN.BrH/c13-12-2-1-8-3-10-6-14-7-11(10)4-9(8)5-12;/h1-5,14H,6-7H2;1H. The Hall–Kier alpha value is -0.570. The largest absolute Gasteiger partial charge is 1.00 e. The molecule has 78 valence electrons. The van der Waals surface area contributed by atoms with Gasteiger partial charge in [0.25, 0.3) is 0 Å². The summed E-state index contributed by atoms with van der Waals surface area (Å²) in [5, 5.41) is 5.69. The van der Waals surface area contributed by atoms with Gasteiger partial charge in [-0.2, -0.15) is 0 Å². The number of nitrogens with two attached hydrogens (primary N) is 1. The first-order valence-electron chi connectivity index (χ1n) is 4.86. The van der Waals surface area contributed by atoms with Crippen LogP contribution >= 0.6 is 11.6 Å². The molecule has 0 aromatic heterocycles. The maximum Gasteiger partial charge on any atom is 0.102 e. The summed E-state index contributed by atoms with van der Waals surface area (Å²) in [7, 11) is 0. The Bertz CT molecular complexity index is 510. The molecule has 15 heavy (non-hydrogen) atoms. The Morgan fingerprint density at radius 2 is 1.60 bits per heavy atom. The second kappa shape index (κ2) is 4.12. The lowest BCUT2D eigenvalue weighted by Crippen LogP contribution is -3.00. The number of halogens is 2. The van der Waals surface area contributed by atoms with Gasteiger partial charge >= 0.3 is 0 Å². The summed E-state index contributed by atoms with van der Waals surface area (Å²) >= 11 is 5.96. The van der Waals surface area contributed by atoms with Gasteiger partial charge in [-0.25, -0.2) is 0 Å². The number of quaternary nitrogens is 1. The monoisotopic (exact) mass is 283 g/mol. The van der Waals surface area contributed by atoms with Crippen molar-refractivity contribution < 1.29 is 22.3 Å². The number of benzene rings is 2. The van der Waals surface area contributed by atoms with E-state index in [1.807, 2.05) is 12.1 Å². The predicted molar refractivity (Wildman–Crippen MR) is 58.3 cm³/mol. The van der Waals surface area contributed by atoms with Crippen molar-refractivity contribution in [3.8, 4) is 0 Å². The lowest BCUT2D eigenvalue weighted by molar-refractivity contribution is -0.676. The number of rotatable bonds is 0. The molecule has 2 aromatic rings. The zero-order valence-electron chi connectivity index (χ0n) is 8.13. The van der Waals surface area contributed by atoms with Gasteiger partial charge < -0.3 is 22.3 Å². The van der Waals surface area contributed by atoms with E-state index in [0.717, 1.165) is 18.1 Å². The molecule has 0 saturated carbocycles. The topological polar surface area (TPSA) is 16.6 Å². The van der Waals surface area contributed by atoms with Crippen LogP contribution in [0.5, 0.6) is 0 Å². The molecule has 1 nitrogen and oxygen atoms in total. The van der Waals surface area contributed by atoms with Gasteiger partial charge in [0.1, 0.15) is 13.1 Å². The molecule has 0 radical (unpaired) electrons. The highest BCUT2D eigenvalue weighted by Gasteiger charge is 2.13. The second-order valence-corrected chi connectivity index (χ2v) is 4.25. The Labute approximate surface area is 104 Å². The third kappa shape index (κ3) is 1.89. The van der Waals surface area contributed by atoms with Gasteiger partial charge in [0.15, 0.2) is 0 Å². The fourth-order valence-electron chi connectivity index (χ4n) is 2.13. The molecule has 0 bridgehead atoms. The van der Waals surface area contributed by atoms with Crippen molar-refractivity contribution in [1.29, 1.82) is 0 Å². The van der Waals surface area contributed by atoms with E-state index in [1.165, 1.54) is 21.9 Å². The van der Waals surface area contributed by atoms with Crippen LogP contribution in [0.2, 0.25) is 5.02 Å². The van der Waals surface area contributed by atoms with Crippen LogP contribution < -0.4 is 22.3 Å². The molecule has 0 atom stereocenters. The van der Waals surface area contributed by atoms with Crippen molar-refractivity contribution in [3.05, 3.63) is 46.5 Å². The fraction of sp³-hybridized carbons (Fsp3) is 0.167. The maximum atomic E-state index is 5.96. The van der Waals surface area contributed by atoms with Gasteiger partial charge in [-0.05, 0) is 35.0 Å². The molecule has 0 unspecified atom stereocenters. The van der Waals surface area contributed by atoms with Crippen molar-refractivity contribution >= 4 is 22.4 Å². The van der Waals surface area contributed by atoms with E-state index < -0.39 is 0 Å². The van der Waals surface area contributed by atoms with Crippen LogP contribution in [0.1, 0.15) is 11.1 Å². The SMILES string of the molecule is Clc1ccc2cc3c(cc2c1)C[NH2+]C3.[Br-]. The van der Waals surface area contributed by atoms with E-state index in [-0.39, 0.29) is 17.0 Å². The first-order chi connectivity index (χ1) is 6.83. The molecular formula is C12H11BrClN. The predicted octanol–water partition coefficient (Wildman–Crippen LogP) is -0.926. The van der Waals surface area contributed by atoms with Crippen LogP contribution in [-0.2, 0) is 13.1 Å². The molecule has 3 heteroatoms. The third-order valence-electron chi connectivity index (χ3n) is 2.85. The van der Waals surface area contributed by atoms with E-state index in [1.54, 1.807) is 0 Å². The van der Waals surface area contributed by atoms with Crippen molar-refractivity contribution in [2.45, 2.75) is 13.1 Å². The summed E-state index contributed by atoms with van der Waals surface area (Å²) in [6, 6.07) is 10.6. The molecule has 0 spiro atoms. The Morgan fingerprint density at radius 1 is 0.933 bits per heavy atom. The minimum atomic E-state index is 0. The molecular weight excluding hydrogens is 273 g/mol.